The highest BCUT2D eigenvalue weighted by Gasteiger charge is 2.25. The molecule has 0 atom stereocenters. The van der Waals surface area contributed by atoms with Crippen molar-refractivity contribution in [3.05, 3.63) is 28.2 Å². The molecule has 0 heterocycles. The fourth-order valence-electron chi connectivity index (χ4n) is 1.68. The van der Waals surface area contributed by atoms with Crippen LogP contribution in [0.15, 0.2) is 22.7 Å². The Morgan fingerprint density at radius 3 is 2.47 bits per heavy atom. The Morgan fingerprint density at radius 1 is 1.29 bits per heavy atom. The summed E-state index contributed by atoms with van der Waals surface area (Å²) < 4.78 is 7.03. The van der Waals surface area contributed by atoms with Crippen LogP contribution in [0.3, 0.4) is 0 Å². The zero-order valence-electron chi connectivity index (χ0n) is 10.8. The summed E-state index contributed by atoms with van der Waals surface area (Å²) in [5, 5.41) is 0. The first-order chi connectivity index (χ1) is 8.06. The predicted molar refractivity (Wildman–Crippen MR) is 81.2 cm³/mol. The van der Waals surface area contributed by atoms with Crippen molar-refractivity contribution in [3.63, 3.8) is 0 Å². The first-order valence-electron chi connectivity index (χ1n) is 6.06. The van der Waals surface area contributed by atoms with Gasteiger partial charge in [-0.2, -0.15) is 12.6 Å². The summed E-state index contributed by atoms with van der Waals surface area (Å²) in [6, 6.07) is 6.14. The summed E-state index contributed by atoms with van der Waals surface area (Å²) in [6.45, 7) is 7.22. The van der Waals surface area contributed by atoms with Crippen LogP contribution in [-0.2, 0) is 0 Å². The van der Waals surface area contributed by atoms with Gasteiger partial charge in [0.25, 0.3) is 0 Å². The quantitative estimate of drug-likeness (QED) is 0.736. The Labute approximate surface area is 118 Å². The molecule has 0 unspecified atom stereocenters. The molecule has 0 radical (unpaired) electrons. The maximum atomic E-state index is 5.98. The summed E-state index contributed by atoms with van der Waals surface area (Å²) in [7, 11) is 0. The van der Waals surface area contributed by atoms with E-state index in [1.807, 2.05) is 12.1 Å². The van der Waals surface area contributed by atoms with E-state index in [9.17, 15) is 0 Å². The van der Waals surface area contributed by atoms with Crippen LogP contribution in [0.4, 0.5) is 0 Å². The zero-order valence-corrected chi connectivity index (χ0v) is 13.3. The van der Waals surface area contributed by atoms with Crippen molar-refractivity contribution in [2.45, 2.75) is 33.6 Å². The fraction of sp³-hybridized carbons (Fsp3) is 0.571. The molecule has 0 N–H and O–H groups in total. The molecule has 3 heteroatoms. The molecule has 0 aliphatic carbocycles. The highest BCUT2D eigenvalue weighted by Crippen LogP contribution is 2.30. The average molecular weight is 317 g/mol. The van der Waals surface area contributed by atoms with Gasteiger partial charge in [-0.05, 0) is 43.2 Å². The second kappa shape index (κ2) is 6.69. The molecule has 0 aliphatic heterocycles. The van der Waals surface area contributed by atoms with Crippen molar-refractivity contribution in [1.29, 1.82) is 0 Å². The van der Waals surface area contributed by atoms with E-state index in [0.29, 0.717) is 0 Å². The second-order valence-corrected chi connectivity index (χ2v) is 5.80. The van der Waals surface area contributed by atoms with Crippen LogP contribution in [-0.4, -0.2) is 12.4 Å². The van der Waals surface area contributed by atoms with E-state index in [-0.39, 0.29) is 5.41 Å². The molecule has 1 aromatic rings. The Balaban J connectivity index is 2.75. The van der Waals surface area contributed by atoms with E-state index in [1.165, 1.54) is 5.56 Å². The van der Waals surface area contributed by atoms with Crippen molar-refractivity contribution in [2.24, 2.45) is 5.41 Å². The third kappa shape index (κ3) is 3.92. The third-order valence-electron chi connectivity index (χ3n) is 3.52. The molecule has 17 heavy (non-hydrogen) atoms. The van der Waals surface area contributed by atoms with Gasteiger partial charge in [-0.15, -0.1) is 0 Å². The molecule has 1 aromatic carbocycles. The second-order valence-electron chi connectivity index (χ2n) is 4.56. The summed E-state index contributed by atoms with van der Waals surface area (Å²) >= 11 is 7.94. The Morgan fingerprint density at radius 2 is 1.94 bits per heavy atom. The van der Waals surface area contributed by atoms with Gasteiger partial charge < -0.3 is 4.74 Å². The number of hydrogen-bond donors (Lipinski definition) is 1. The molecule has 0 saturated carbocycles. The number of ether oxygens (including phenoxy) is 1. The third-order valence-corrected chi connectivity index (χ3v) is 4.68. The normalized spacial score (nSPS) is 11.6. The van der Waals surface area contributed by atoms with Gasteiger partial charge in [-0.1, -0.05) is 35.8 Å². The van der Waals surface area contributed by atoms with Crippen LogP contribution < -0.4 is 4.74 Å². The van der Waals surface area contributed by atoms with Gasteiger partial charge in [-0.25, -0.2) is 0 Å². The molecular formula is C14H21BrOS. The standard InChI is InChI=1S/C14H21BrOS/c1-4-14(5-2,10-17)9-16-13-8-12(15)7-6-11(13)3/h6-8,17H,4-5,9-10H2,1-3H3. The maximum Gasteiger partial charge on any atom is 0.123 e. The minimum Gasteiger partial charge on any atom is -0.493 e. The van der Waals surface area contributed by atoms with E-state index in [1.54, 1.807) is 0 Å². The number of rotatable bonds is 6. The smallest absolute Gasteiger partial charge is 0.123 e. The first kappa shape index (κ1) is 14.9. The number of halogens is 1. The molecule has 1 rings (SSSR count). The van der Waals surface area contributed by atoms with E-state index in [2.05, 4.69) is 55.4 Å². The molecule has 0 aliphatic rings. The Bertz CT molecular complexity index is 353. The van der Waals surface area contributed by atoms with Crippen molar-refractivity contribution in [3.8, 4) is 5.75 Å². The van der Waals surface area contributed by atoms with Crippen molar-refractivity contribution in [2.75, 3.05) is 12.4 Å². The minimum atomic E-state index is 0.192. The molecule has 0 aromatic heterocycles. The summed E-state index contributed by atoms with van der Waals surface area (Å²) in [5.41, 5.74) is 1.37. The molecule has 1 nitrogen and oxygen atoms in total. The molecule has 0 amide bonds. The fourth-order valence-corrected chi connectivity index (χ4v) is 2.56. The highest BCUT2D eigenvalue weighted by atomic mass is 79.9. The monoisotopic (exact) mass is 316 g/mol. The van der Waals surface area contributed by atoms with E-state index >= 15 is 0 Å². The van der Waals surface area contributed by atoms with Gasteiger partial charge in [0.1, 0.15) is 5.75 Å². The lowest BCUT2D eigenvalue weighted by molar-refractivity contribution is 0.156. The van der Waals surface area contributed by atoms with Crippen molar-refractivity contribution in [1.82, 2.24) is 0 Å². The number of aryl methyl sites for hydroxylation is 1. The van der Waals surface area contributed by atoms with Crippen LogP contribution in [0.1, 0.15) is 32.3 Å². The van der Waals surface area contributed by atoms with Crippen molar-refractivity contribution >= 4 is 28.6 Å². The topological polar surface area (TPSA) is 9.23 Å². The molecule has 96 valence electrons. The Kier molecular flexibility index (Phi) is 5.87. The largest absolute Gasteiger partial charge is 0.493 e. The minimum absolute atomic E-state index is 0.192. The van der Waals surface area contributed by atoms with Gasteiger partial charge in [0.2, 0.25) is 0 Å². The van der Waals surface area contributed by atoms with Crippen LogP contribution >= 0.6 is 28.6 Å². The van der Waals surface area contributed by atoms with Crippen molar-refractivity contribution < 1.29 is 4.74 Å². The average Bonchev–Trinajstić information content (AvgIpc) is 2.35. The SMILES string of the molecule is CCC(CC)(CS)COc1cc(Br)ccc1C. The molecule has 0 bridgehead atoms. The molecule has 0 spiro atoms. The van der Waals surface area contributed by atoms with E-state index < -0.39 is 0 Å². The van der Waals surface area contributed by atoms with Crippen LogP contribution in [0.5, 0.6) is 5.75 Å². The van der Waals surface area contributed by atoms with Gasteiger partial charge in [-0.3, -0.25) is 0 Å². The van der Waals surface area contributed by atoms with Gasteiger partial charge >= 0.3 is 0 Å². The predicted octanol–water partition coefficient (Wildman–Crippen LogP) is 4.87. The number of thiol groups is 1. The lowest BCUT2D eigenvalue weighted by atomic mass is 9.85. The summed E-state index contributed by atoms with van der Waals surface area (Å²) in [4.78, 5) is 0. The number of benzene rings is 1. The van der Waals surface area contributed by atoms with Crippen LogP contribution in [0.25, 0.3) is 0 Å². The van der Waals surface area contributed by atoms with E-state index in [4.69, 9.17) is 4.74 Å². The van der Waals surface area contributed by atoms with Crippen LogP contribution in [0.2, 0.25) is 0 Å². The summed E-state index contributed by atoms with van der Waals surface area (Å²) in [6.07, 6.45) is 2.19. The molecular weight excluding hydrogens is 296 g/mol. The van der Waals surface area contributed by atoms with Gasteiger partial charge in [0, 0.05) is 9.89 Å². The summed E-state index contributed by atoms with van der Waals surface area (Å²) in [5.74, 6) is 1.83. The Hall–Kier alpha value is -0.150. The highest BCUT2D eigenvalue weighted by molar-refractivity contribution is 9.10. The first-order valence-corrected chi connectivity index (χ1v) is 7.49. The van der Waals surface area contributed by atoms with Gasteiger partial charge in [0.15, 0.2) is 0 Å². The maximum absolute atomic E-state index is 5.98. The van der Waals surface area contributed by atoms with Gasteiger partial charge in [0.05, 0.1) is 6.61 Å². The lowest BCUT2D eigenvalue weighted by Gasteiger charge is -2.30. The van der Waals surface area contributed by atoms with E-state index in [0.717, 1.165) is 35.4 Å². The zero-order chi connectivity index (χ0) is 12.9. The number of hydrogen-bond acceptors (Lipinski definition) is 2. The van der Waals surface area contributed by atoms with Crippen LogP contribution in [0, 0.1) is 12.3 Å². The molecule has 0 fully saturated rings. The molecule has 0 saturated heterocycles. The lowest BCUT2D eigenvalue weighted by Crippen LogP contribution is -2.29.